The van der Waals surface area contributed by atoms with Crippen molar-refractivity contribution >= 4 is 46.1 Å². The third kappa shape index (κ3) is 3.97. The maximum absolute atomic E-state index is 12.1. The number of hydrogen-bond acceptors (Lipinski definition) is 4. The topological polar surface area (TPSA) is 94.1 Å². The van der Waals surface area contributed by atoms with Crippen LogP contribution in [0, 0.1) is 0 Å². The summed E-state index contributed by atoms with van der Waals surface area (Å²) in [6, 6.07) is 9.85. The Morgan fingerprint density at radius 1 is 1.34 bits per heavy atom. The summed E-state index contributed by atoms with van der Waals surface area (Å²) in [7, 11) is 0. The molecule has 2 aromatic heterocycles. The number of nitrogens with one attached hydrogen (secondary N) is 2. The van der Waals surface area contributed by atoms with Crippen molar-refractivity contribution in [3.05, 3.63) is 52.4 Å². The fourth-order valence-corrected chi connectivity index (χ4v) is 4.47. The van der Waals surface area contributed by atoms with Crippen molar-refractivity contribution in [1.29, 1.82) is 0 Å². The quantitative estimate of drug-likeness (QED) is 0.512. The number of H-pyrrole nitrogens is 1. The lowest BCUT2D eigenvalue weighted by Crippen LogP contribution is -2.58. The smallest absolute Gasteiger partial charge is 0.407 e. The number of benzene rings is 1. The lowest BCUT2D eigenvalue weighted by atomic mass is 9.81. The van der Waals surface area contributed by atoms with Crippen molar-refractivity contribution in [3.63, 3.8) is 0 Å². The van der Waals surface area contributed by atoms with Crippen molar-refractivity contribution in [2.24, 2.45) is 0 Å². The summed E-state index contributed by atoms with van der Waals surface area (Å²) >= 11 is 12.3. The third-order valence-corrected chi connectivity index (χ3v) is 6.01. The van der Waals surface area contributed by atoms with Crippen LogP contribution in [-0.4, -0.2) is 49.2 Å². The number of fused-ring (bicyclic) bond motifs is 1. The molecule has 3 heterocycles. The van der Waals surface area contributed by atoms with E-state index in [1.807, 2.05) is 37.3 Å². The van der Waals surface area contributed by atoms with Crippen LogP contribution in [0.15, 0.2) is 36.5 Å². The SMILES string of the molecule is C[C@@]1(Cc2ccccc2)CC[C@@H](Nc2nc(Cl)nc3[nH]cc(Cl)c23)CN1C(=O)O. The van der Waals surface area contributed by atoms with E-state index < -0.39 is 11.6 Å². The van der Waals surface area contributed by atoms with Gasteiger partial charge in [0, 0.05) is 24.3 Å². The molecule has 0 saturated carbocycles. The summed E-state index contributed by atoms with van der Waals surface area (Å²) in [6.07, 6.45) is 2.87. The standard InChI is InChI=1S/C20H21Cl2N5O2/c1-20(9-12-5-3-2-4-6-12)8-7-13(11-27(20)19(28)29)24-17-15-14(21)10-23-16(15)25-18(22)26-17/h2-6,10,13H,7-9,11H2,1H3,(H,28,29)(H2,23,24,25,26)/t13-,20+/m1/s1. The van der Waals surface area contributed by atoms with E-state index in [1.54, 1.807) is 6.20 Å². The van der Waals surface area contributed by atoms with Crippen LogP contribution in [0.2, 0.25) is 10.3 Å². The fourth-order valence-electron chi connectivity index (χ4n) is 4.06. The zero-order valence-corrected chi connectivity index (χ0v) is 17.3. The molecule has 1 saturated heterocycles. The molecule has 9 heteroatoms. The average molecular weight is 434 g/mol. The molecular formula is C20H21Cl2N5O2. The molecule has 152 valence electrons. The van der Waals surface area contributed by atoms with Gasteiger partial charge >= 0.3 is 6.09 Å². The monoisotopic (exact) mass is 433 g/mol. The van der Waals surface area contributed by atoms with Crippen LogP contribution in [0.5, 0.6) is 0 Å². The van der Waals surface area contributed by atoms with Crippen LogP contribution in [-0.2, 0) is 6.42 Å². The molecule has 2 atom stereocenters. The van der Waals surface area contributed by atoms with E-state index in [0.29, 0.717) is 41.3 Å². The Hall–Kier alpha value is -2.51. The molecule has 0 radical (unpaired) electrons. The Kier molecular flexibility index (Phi) is 5.27. The van der Waals surface area contributed by atoms with E-state index in [0.717, 1.165) is 12.0 Å². The Labute approximate surface area is 178 Å². The summed E-state index contributed by atoms with van der Waals surface area (Å²) in [5.74, 6) is 0.508. The van der Waals surface area contributed by atoms with Crippen LogP contribution in [0.1, 0.15) is 25.3 Å². The summed E-state index contributed by atoms with van der Waals surface area (Å²) in [4.78, 5) is 25.0. The highest BCUT2D eigenvalue weighted by Gasteiger charge is 2.41. The second kappa shape index (κ2) is 7.72. The van der Waals surface area contributed by atoms with Gasteiger partial charge < -0.3 is 20.3 Å². The summed E-state index contributed by atoms with van der Waals surface area (Å²) in [5.41, 5.74) is 1.18. The number of rotatable bonds is 4. The van der Waals surface area contributed by atoms with Gasteiger partial charge in [-0.25, -0.2) is 4.79 Å². The number of carboxylic acid groups (broad SMARTS) is 1. The molecular weight excluding hydrogens is 413 g/mol. The Morgan fingerprint density at radius 2 is 2.10 bits per heavy atom. The van der Waals surface area contributed by atoms with Gasteiger partial charge in [0.05, 0.1) is 10.4 Å². The Balaban J connectivity index is 1.57. The van der Waals surface area contributed by atoms with Gasteiger partial charge in [-0.05, 0) is 43.4 Å². The van der Waals surface area contributed by atoms with Gasteiger partial charge in [-0.15, -0.1) is 0 Å². The number of halogens is 2. The van der Waals surface area contributed by atoms with Gasteiger partial charge in [0.2, 0.25) is 5.28 Å². The molecule has 1 fully saturated rings. The van der Waals surface area contributed by atoms with Gasteiger partial charge in [-0.2, -0.15) is 9.97 Å². The molecule has 1 amide bonds. The molecule has 1 aliphatic rings. The predicted octanol–water partition coefficient (Wildman–Crippen LogP) is 4.82. The molecule has 0 spiro atoms. The number of carbonyl (C=O) groups is 1. The van der Waals surface area contributed by atoms with Crippen molar-refractivity contribution in [3.8, 4) is 0 Å². The second-order valence-electron chi connectivity index (χ2n) is 7.63. The normalized spacial score (nSPS) is 22.0. The van der Waals surface area contributed by atoms with Crippen molar-refractivity contribution in [1.82, 2.24) is 19.9 Å². The first-order chi connectivity index (χ1) is 13.9. The molecule has 1 aliphatic heterocycles. The van der Waals surface area contributed by atoms with Gasteiger partial charge in [0.25, 0.3) is 0 Å². The molecule has 0 bridgehead atoms. The minimum atomic E-state index is -0.930. The highest BCUT2D eigenvalue weighted by molar-refractivity contribution is 6.36. The zero-order chi connectivity index (χ0) is 20.6. The van der Waals surface area contributed by atoms with Gasteiger partial charge in [-0.1, -0.05) is 41.9 Å². The van der Waals surface area contributed by atoms with E-state index in [1.165, 1.54) is 4.90 Å². The van der Waals surface area contributed by atoms with Gasteiger partial charge in [-0.3, -0.25) is 0 Å². The Bertz CT molecular complexity index is 1040. The molecule has 0 unspecified atom stereocenters. The van der Waals surface area contributed by atoms with E-state index in [9.17, 15) is 9.90 Å². The van der Waals surface area contributed by atoms with Crippen molar-refractivity contribution in [2.45, 2.75) is 37.8 Å². The highest BCUT2D eigenvalue weighted by Crippen LogP contribution is 2.34. The van der Waals surface area contributed by atoms with Crippen molar-refractivity contribution in [2.75, 3.05) is 11.9 Å². The maximum atomic E-state index is 12.1. The molecule has 3 N–H and O–H groups in total. The first-order valence-corrected chi connectivity index (χ1v) is 10.1. The summed E-state index contributed by atoms with van der Waals surface area (Å²) < 4.78 is 0. The number of piperidine rings is 1. The largest absolute Gasteiger partial charge is 0.465 e. The number of nitrogens with zero attached hydrogens (tertiary/aromatic N) is 3. The lowest BCUT2D eigenvalue weighted by Gasteiger charge is -2.46. The number of likely N-dealkylation sites (tertiary alicyclic amines) is 1. The summed E-state index contributed by atoms with van der Waals surface area (Å²) in [6.45, 7) is 2.34. The maximum Gasteiger partial charge on any atom is 0.407 e. The second-order valence-corrected chi connectivity index (χ2v) is 8.38. The van der Waals surface area contributed by atoms with E-state index in [2.05, 4.69) is 20.3 Å². The Morgan fingerprint density at radius 3 is 2.83 bits per heavy atom. The zero-order valence-electron chi connectivity index (χ0n) is 15.8. The lowest BCUT2D eigenvalue weighted by molar-refractivity contribution is 0.0533. The number of aromatic amines is 1. The third-order valence-electron chi connectivity index (χ3n) is 5.54. The van der Waals surface area contributed by atoms with Crippen molar-refractivity contribution < 1.29 is 9.90 Å². The van der Waals surface area contributed by atoms with Crippen LogP contribution >= 0.6 is 23.2 Å². The van der Waals surface area contributed by atoms with E-state index in [-0.39, 0.29) is 11.3 Å². The van der Waals surface area contributed by atoms with Gasteiger partial charge in [0.15, 0.2) is 0 Å². The highest BCUT2D eigenvalue weighted by atomic mass is 35.5. The molecule has 29 heavy (non-hydrogen) atoms. The van der Waals surface area contributed by atoms with Crippen LogP contribution < -0.4 is 5.32 Å². The minimum Gasteiger partial charge on any atom is -0.465 e. The van der Waals surface area contributed by atoms with Gasteiger partial charge in [0.1, 0.15) is 11.5 Å². The first kappa shape index (κ1) is 19.8. The number of aromatic nitrogens is 3. The molecule has 4 rings (SSSR count). The van der Waals surface area contributed by atoms with E-state index >= 15 is 0 Å². The number of amides is 1. The molecule has 3 aromatic rings. The first-order valence-electron chi connectivity index (χ1n) is 9.37. The van der Waals surface area contributed by atoms with Crippen LogP contribution in [0.3, 0.4) is 0 Å². The average Bonchev–Trinajstić information content (AvgIpc) is 3.04. The molecule has 7 nitrogen and oxygen atoms in total. The van der Waals surface area contributed by atoms with E-state index in [4.69, 9.17) is 23.2 Å². The minimum absolute atomic E-state index is 0.0957. The predicted molar refractivity (Wildman–Crippen MR) is 114 cm³/mol. The van der Waals surface area contributed by atoms with Crippen LogP contribution in [0.4, 0.5) is 10.6 Å². The number of anilines is 1. The fraction of sp³-hybridized carbons (Fsp3) is 0.350. The summed E-state index contributed by atoms with van der Waals surface area (Å²) in [5, 5.41) is 14.5. The molecule has 1 aromatic carbocycles. The number of hydrogen-bond donors (Lipinski definition) is 3. The molecule has 0 aliphatic carbocycles. The van der Waals surface area contributed by atoms with Crippen LogP contribution in [0.25, 0.3) is 11.0 Å².